The zero-order chi connectivity index (χ0) is 22.2. The molecule has 2 aliphatic carbocycles. The molecule has 0 amide bonds. The Balaban J connectivity index is 0.000000289. The minimum absolute atomic E-state index is 0.0129. The normalized spacial score (nSPS) is 24.7. The summed E-state index contributed by atoms with van der Waals surface area (Å²) in [5.74, 6) is 0.244. The number of aromatic amines is 1. The van der Waals surface area contributed by atoms with E-state index in [9.17, 15) is 18.3 Å². The van der Waals surface area contributed by atoms with Crippen LogP contribution in [0, 0.1) is 11.8 Å². The Labute approximate surface area is 175 Å². The second-order valence-electron chi connectivity index (χ2n) is 7.78. The largest absolute Gasteiger partial charge is 0.492 e. The van der Waals surface area contributed by atoms with Crippen molar-refractivity contribution in [2.75, 3.05) is 5.32 Å². The molecule has 1 aliphatic heterocycles. The smallest absolute Gasteiger partial charge is 0.490 e. The predicted molar refractivity (Wildman–Crippen MR) is 107 cm³/mol. The second kappa shape index (κ2) is 8.05. The number of nitrogens with one attached hydrogen (secondary N) is 2. The number of aromatic hydroxyl groups is 1. The Kier molecular flexibility index (Phi) is 5.42. The summed E-state index contributed by atoms with van der Waals surface area (Å²) in [4.78, 5) is 24.8. The highest BCUT2D eigenvalue weighted by Crippen LogP contribution is 2.45. The highest BCUT2D eigenvalue weighted by molar-refractivity contribution is 6.20. The van der Waals surface area contributed by atoms with Gasteiger partial charge in [0.05, 0.1) is 0 Å². The molecule has 5 rings (SSSR count). The number of fused-ring (bicyclic) bond motifs is 3. The summed E-state index contributed by atoms with van der Waals surface area (Å²) in [5, 5.41) is 20.8. The van der Waals surface area contributed by atoms with E-state index >= 15 is 0 Å². The van der Waals surface area contributed by atoms with E-state index in [2.05, 4.69) is 25.3 Å². The summed E-state index contributed by atoms with van der Waals surface area (Å²) in [6, 6.07) is 4.34. The molecule has 4 N–H and O–H groups in total. The molecule has 0 aromatic carbocycles. The van der Waals surface area contributed by atoms with Crippen LogP contribution in [0.15, 0.2) is 23.3 Å². The molecule has 0 saturated heterocycles. The molecule has 2 aromatic heterocycles. The highest BCUT2D eigenvalue weighted by Gasteiger charge is 2.40. The first kappa shape index (κ1) is 20.9. The van der Waals surface area contributed by atoms with Crippen LogP contribution in [-0.2, 0) is 4.79 Å². The first-order valence-electron chi connectivity index (χ1n) is 9.77. The van der Waals surface area contributed by atoms with Crippen LogP contribution < -0.4 is 5.32 Å². The molecular weight excluding hydrogens is 415 g/mol. The SMILES string of the molecule is O=C(O)C(F)(F)F.Oc1nc(NC2CC3CCC2C3)[nH]c1C=C1C=Nc2ncccc21. The number of rotatable bonds is 3. The Morgan fingerprint density at radius 2 is 2.06 bits per heavy atom. The molecule has 8 nitrogen and oxygen atoms in total. The first-order chi connectivity index (χ1) is 14.7. The van der Waals surface area contributed by atoms with Crippen molar-refractivity contribution in [1.82, 2.24) is 15.0 Å². The van der Waals surface area contributed by atoms with Crippen molar-refractivity contribution in [3.63, 3.8) is 0 Å². The van der Waals surface area contributed by atoms with Gasteiger partial charge in [0.1, 0.15) is 5.69 Å². The number of anilines is 1. The van der Waals surface area contributed by atoms with Gasteiger partial charge in [0.25, 0.3) is 0 Å². The van der Waals surface area contributed by atoms with Crippen LogP contribution in [-0.4, -0.2) is 49.6 Å². The standard InChI is InChI=1S/C18H19N5O.C2HF3O2/c24-17-15(8-12-9-20-16-13(12)2-1-5-19-16)22-18(23-17)21-14-7-10-3-4-11(14)6-10;3-2(4,5)1(6)7/h1-2,5,8-11,14,24H,3-4,6-7H2,(H2,21,22,23);(H,6,7). The van der Waals surface area contributed by atoms with Gasteiger partial charge >= 0.3 is 12.1 Å². The monoisotopic (exact) mass is 435 g/mol. The van der Waals surface area contributed by atoms with Gasteiger partial charge in [-0.3, -0.25) is 0 Å². The van der Waals surface area contributed by atoms with Gasteiger partial charge in [0.2, 0.25) is 11.8 Å². The van der Waals surface area contributed by atoms with Crippen LogP contribution in [0.5, 0.6) is 5.88 Å². The topological polar surface area (TPSA) is 123 Å². The van der Waals surface area contributed by atoms with E-state index in [-0.39, 0.29) is 5.88 Å². The van der Waals surface area contributed by atoms with Gasteiger partial charge in [-0.1, -0.05) is 6.42 Å². The van der Waals surface area contributed by atoms with E-state index in [1.54, 1.807) is 12.4 Å². The summed E-state index contributed by atoms with van der Waals surface area (Å²) in [7, 11) is 0. The average Bonchev–Trinajstić information content (AvgIpc) is 3.48. The minimum Gasteiger partial charge on any atom is -0.492 e. The number of aliphatic carboxylic acids is 1. The fraction of sp³-hybridized carbons (Fsp3) is 0.400. The lowest BCUT2D eigenvalue weighted by Crippen LogP contribution is -2.26. The number of imidazole rings is 1. The van der Waals surface area contributed by atoms with Gasteiger partial charge < -0.3 is 20.5 Å². The fourth-order valence-corrected chi connectivity index (χ4v) is 4.34. The van der Waals surface area contributed by atoms with Crippen molar-refractivity contribution >= 4 is 35.6 Å². The number of allylic oxidation sites excluding steroid dienone is 1. The number of hydrogen-bond acceptors (Lipinski definition) is 6. The third kappa shape index (κ3) is 4.54. The molecule has 2 aromatic rings. The summed E-state index contributed by atoms with van der Waals surface area (Å²) in [5.41, 5.74) is 2.48. The molecule has 2 bridgehead atoms. The van der Waals surface area contributed by atoms with E-state index in [0.29, 0.717) is 23.5 Å². The predicted octanol–water partition coefficient (Wildman–Crippen LogP) is 4.00. The van der Waals surface area contributed by atoms with E-state index in [1.165, 1.54) is 25.7 Å². The van der Waals surface area contributed by atoms with Gasteiger partial charge in [0, 0.05) is 29.6 Å². The van der Waals surface area contributed by atoms with Crippen LogP contribution in [0.25, 0.3) is 11.6 Å². The summed E-state index contributed by atoms with van der Waals surface area (Å²) < 4.78 is 31.7. The van der Waals surface area contributed by atoms with Crippen LogP contribution in [0.1, 0.15) is 36.9 Å². The number of nitrogens with zero attached hydrogens (tertiary/aromatic N) is 3. The van der Waals surface area contributed by atoms with Crippen LogP contribution >= 0.6 is 0 Å². The Morgan fingerprint density at radius 3 is 2.71 bits per heavy atom. The molecule has 3 aliphatic rings. The van der Waals surface area contributed by atoms with E-state index < -0.39 is 12.1 Å². The van der Waals surface area contributed by atoms with Gasteiger partial charge in [-0.15, -0.1) is 0 Å². The average molecular weight is 435 g/mol. The number of carboxylic acid groups (broad SMARTS) is 1. The molecule has 0 spiro atoms. The zero-order valence-corrected chi connectivity index (χ0v) is 16.2. The first-order valence-corrected chi connectivity index (χ1v) is 9.77. The number of carboxylic acids is 1. The van der Waals surface area contributed by atoms with Gasteiger partial charge in [0.15, 0.2) is 5.82 Å². The lowest BCUT2D eigenvalue weighted by molar-refractivity contribution is -0.192. The number of carbonyl (C=O) groups is 1. The minimum atomic E-state index is -5.08. The maximum Gasteiger partial charge on any atom is 0.490 e. The number of alkyl halides is 3. The number of pyridine rings is 1. The quantitative estimate of drug-likeness (QED) is 0.578. The van der Waals surface area contributed by atoms with E-state index in [4.69, 9.17) is 9.90 Å². The lowest BCUT2D eigenvalue weighted by Gasteiger charge is -2.22. The molecule has 11 heteroatoms. The summed E-state index contributed by atoms with van der Waals surface area (Å²) in [6.45, 7) is 0. The number of halogens is 3. The maximum absolute atomic E-state index is 10.6. The Bertz CT molecular complexity index is 1050. The van der Waals surface area contributed by atoms with Crippen molar-refractivity contribution in [2.24, 2.45) is 16.8 Å². The molecular formula is C20H20F3N5O3. The fourth-order valence-electron chi connectivity index (χ4n) is 4.34. The summed E-state index contributed by atoms with van der Waals surface area (Å²) >= 11 is 0. The van der Waals surface area contributed by atoms with Crippen LogP contribution in [0.3, 0.4) is 0 Å². The molecule has 0 radical (unpaired) electrons. The molecule has 31 heavy (non-hydrogen) atoms. The maximum atomic E-state index is 10.6. The lowest BCUT2D eigenvalue weighted by atomic mass is 9.95. The van der Waals surface area contributed by atoms with Gasteiger partial charge in [-0.2, -0.15) is 18.2 Å². The van der Waals surface area contributed by atoms with Crippen LogP contribution in [0.4, 0.5) is 24.9 Å². The summed E-state index contributed by atoms with van der Waals surface area (Å²) in [6.07, 6.45) is 5.51. The Hall–Kier alpha value is -3.37. The third-order valence-electron chi connectivity index (χ3n) is 5.74. The second-order valence-corrected chi connectivity index (χ2v) is 7.78. The van der Waals surface area contributed by atoms with Crippen molar-refractivity contribution in [3.8, 4) is 5.88 Å². The van der Waals surface area contributed by atoms with E-state index in [1.807, 2.05) is 18.2 Å². The number of aliphatic imine (C=N–C) groups is 1. The number of aromatic nitrogens is 3. The Morgan fingerprint density at radius 1 is 1.29 bits per heavy atom. The van der Waals surface area contributed by atoms with Crippen molar-refractivity contribution in [1.29, 1.82) is 0 Å². The zero-order valence-electron chi connectivity index (χ0n) is 16.2. The molecule has 164 valence electrons. The number of H-pyrrole nitrogens is 1. The van der Waals surface area contributed by atoms with Crippen molar-refractivity contribution in [3.05, 3.63) is 29.6 Å². The van der Waals surface area contributed by atoms with Crippen molar-refractivity contribution in [2.45, 2.75) is 37.9 Å². The molecule has 3 atom stereocenters. The third-order valence-corrected chi connectivity index (χ3v) is 5.74. The highest BCUT2D eigenvalue weighted by atomic mass is 19.4. The molecule has 2 fully saturated rings. The molecule has 3 heterocycles. The number of hydrogen-bond donors (Lipinski definition) is 4. The molecule has 3 unspecified atom stereocenters. The molecule has 2 saturated carbocycles. The van der Waals surface area contributed by atoms with Crippen LogP contribution in [0.2, 0.25) is 0 Å². The van der Waals surface area contributed by atoms with Crippen molar-refractivity contribution < 1.29 is 28.2 Å². The van der Waals surface area contributed by atoms with Gasteiger partial charge in [-0.25, -0.2) is 14.8 Å². The van der Waals surface area contributed by atoms with Gasteiger partial charge in [-0.05, 0) is 49.3 Å². The van der Waals surface area contributed by atoms with E-state index in [0.717, 1.165) is 23.0 Å².